The highest BCUT2D eigenvalue weighted by Gasteiger charge is 2.49. The van der Waals surface area contributed by atoms with E-state index in [1.807, 2.05) is 0 Å². The number of esters is 1. The number of unbranched alkanes of at least 4 members (excludes halogenated alkanes) is 1. The van der Waals surface area contributed by atoms with Crippen LogP contribution in [0.2, 0.25) is 5.02 Å². The summed E-state index contributed by atoms with van der Waals surface area (Å²) in [6.07, 6.45) is -4.41. The maximum atomic E-state index is 17.3. The van der Waals surface area contributed by atoms with Crippen molar-refractivity contribution in [3.8, 4) is 5.88 Å². The van der Waals surface area contributed by atoms with Crippen molar-refractivity contribution in [2.45, 2.75) is 116 Å². The minimum atomic E-state index is -4.03. The molecule has 0 unspecified atom stereocenters. The van der Waals surface area contributed by atoms with Gasteiger partial charge in [0.1, 0.15) is 40.1 Å². The molecule has 1 aromatic carbocycles. The number of nitrogens with zero attached hydrogens (tertiary/aromatic N) is 5. The van der Waals surface area contributed by atoms with E-state index in [0.29, 0.717) is 11.0 Å². The van der Waals surface area contributed by atoms with Crippen LogP contribution in [-0.2, 0) is 35.6 Å². The lowest BCUT2D eigenvalue weighted by molar-refractivity contribution is -0.254. The minimum Gasteiger partial charge on any atom is -0.481 e. The predicted molar refractivity (Wildman–Crippen MR) is 210 cm³/mol. The summed E-state index contributed by atoms with van der Waals surface area (Å²) < 4.78 is 77.9. The number of hydrogen-bond acceptors (Lipinski definition) is 12. The lowest BCUT2D eigenvalue weighted by Crippen LogP contribution is -2.50. The summed E-state index contributed by atoms with van der Waals surface area (Å²) in [5, 5.41) is 9.48. The van der Waals surface area contributed by atoms with E-state index >= 15 is 13.2 Å². The van der Waals surface area contributed by atoms with Gasteiger partial charge in [-0.15, -0.1) is 0 Å². The second-order valence-corrected chi connectivity index (χ2v) is 17.4. The fourth-order valence-corrected chi connectivity index (χ4v) is 7.39. The summed E-state index contributed by atoms with van der Waals surface area (Å²) in [5.74, 6) is -3.77. The van der Waals surface area contributed by atoms with Gasteiger partial charge in [0.2, 0.25) is 11.7 Å². The number of alkyl halides is 3. The molecule has 4 atom stereocenters. The SMILES string of the molecule is C[C@H]1CN(C(=O)OC(C)(C)C)CC[C@]1(F)c1cc(Cl)cnc1O[C@H]1C[C@@H](C(=O)OC(C)(C)C)N(c2nc(C(F)(F)OCCCCC(=O)O)nc3c2oc2ccccc23)C1. The Hall–Kier alpha value is -4.90. The third-order valence-corrected chi connectivity index (χ3v) is 10.2. The molecule has 3 aromatic heterocycles. The van der Waals surface area contributed by atoms with Gasteiger partial charge in [-0.05, 0) is 72.6 Å². The van der Waals surface area contributed by atoms with Gasteiger partial charge in [0.25, 0.3) is 0 Å². The maximum absolute atomic E-state index is 17.3. The predicted octanol–water partition coefficient (Wildman–Crippen LogP) is 8.55. The number of rotatable bonds is 12. The van der Waals surface area contributed by atoms with Crippen LogP contribution in [0.4, 0.5) is 23.8 Å². The molecule has 320 valence electrons. The van der Waals surface area contributed by atoms with Crippen molar-refractivity contribution < 1.29 is 56.0 Å². The lowest BCUT2D eigenvalue weighted by atomic mass is 9.79. The van der Waals surface area contributed by atoms with Crippen molar-refractivity contribution in [2.75, 3.05) is 31.1 Å². The second kappa shape index (κ2) is 16.6. The van der Waals surface area contributed by atoms with Crippen molar-refractivity contribution in [1.82, 2.24) is 19.9 Å². The number of piperidine rings is 1. The molecule has 6 rings (SSSR count). The average molecular weight is 848 g/mol. The molecular weight excluding hydrogens is 799 g/mol. The largest absolute Gasteiger partial charge is 0.481 e. The van der Waals surface area contributed by atoms with Crippen LogP contribution >= 0.6 is 11.6 Å². The van der Waals surface area contributed by atoms with Gasteiger partial charge in [-0.25, -0.2) is 28.9 Å². The second-order valence-electron chi connectivity index (χ2n) is 17.0. The number of carboxylic acids is 1. The number of benzene rings is 1. The zero-order valence-corrected chi connectivity index (χ0v) is 34.8. The molecule has 0 radical (unpaired) electrons. The Kier molecular flexibility index (Phi) is 12.3. The number of hydrogen-bond donors (Lipinski definition) is 1. The molecule has 2 aliphatic heterocycles. The monoisotopic (exact) mass is 847 g/mol. The summed E-state index contributed by atoms with van der Waals surface area (Å²) >= 11 is 6.39. The van der Waals surface area contributed by atoms with Crippen molar-refractivity contribution in [3.05, 3.63) is 52.9 Å². The molecule has 59 heavy (non-hydrogen) atoms. The fourth-order valence-electron chi connectivity index (χ4n) is 7.23. The normalized spacial score (nSPS) is 21.6. The molecule has 1 amide bonds. The Balaban J connectivity index is 1.36. The molecule has 5 heterocycles. The number of fused-ring (bicyclic) bond motifs is 3. The highest BCUT2D eigenvalue weighted by atomic mass is 35.5. The fraction of sp³-hybridized carbons (Fsp3) is 0.561. The number of carbonyl (C=O) groups is 3. The molecule has 0 aliphatic carbocycles. The Bertz CT molecular complexity index is 2210. The van der Waals surface area contributed by atoms with E-state index in [0.717, 1.165) is 0 Å². The first-order chi connectivity index (χ1) is 27.5. The third kappa shape index (κ3) is 9.94. The molecule has 14 nitrogen and oxygen atoms in total. The van der Waals surface area contributed by atoms with E-state index < -0.39 is 71.5 Å². The number of aromatic nitrogens is 3. The summed E-state index contributed by atoms with van der Waals surface area (Å²) in [6.45, 7) is 11.4. The topological polar surface area (TPSA) is 167 Å². The van der Waals surface area contributed by atoms with Crippen LogP contribution in [-0.4, -0.2) is 92.6 Å². The molecule has 2 aliphatic rings. The van der Waals surface area contributed by atoms with E-state index in [9.17, 15) is 14.4 Å². The van der Waals surface area contributed by atoms with Crippen molar-refractivity contribution in [3.63, 3.8) is 0 Å². The van der Waals surface area contributed by atoms with Crippen LogP contribution in [0.3, 0.4) is 0 Å². The van der Waals surface area contributed by atoms with Gasteiger partial charge in [-0.3, -0.25) is 4.79 Å². The summed E-state index contributed by atoms with van der Waals surface area (Å²) in [4.78, 5) is 53.5. The number of pyridine rings is 1. The number of anilines is 1. The zero-order chi connectivity index (χ0) is 43.1. The smallest absolute Gasteiger partial charge is 0.417 e. The van der Waals surface area contributed by atoms with Gasteiger partial charge in [0.15, 0.2) is 11.4 Å². The van der Waals surface area contributed by atoms with Crippen LogP contribution in [0.5, 0.6) is 5.88 Å². The number of amides is 1. The minimum absolute atomic E-state index is 0.0139. The Morgan fingerprint density at radius 3 is 2.42 bits per heavy atom. The highest BCUT2D eigenvalue weighted by Crippen LogP contribution is 2.46. The van der Waals surface area contributed by atoms with E-state index in [1.54, 1.807) is 72.7 Å². The standard InChI is InChI=1S/C41H49ClF3N5O9/c1-23-21-49(37(54)59-39(5,6)7)16-15-40(23,43)27-18-24(42)20-46-34(27)56-25-19-28(35(53)58-38(2,3)4)50(22-25)33-32-31(26-12-8-9-13-29(26)57-32)47-36(48-33)41(44,45)55-17-11-10-14-30(51)52/h8-9,12-13,18,20,23,25,28H,10-11,14-17,19,21-22H2,1-7H3,(H,51,52)/t23-,25-,28-,40+/m0/s1. The molecule has 1 N–H and O–H groups in total. The average Bonchev–Trinajstić information content (AvgIpc) is 3.73. The molecule has 18 heteroatoms. The summed E-state index contributed by atoms with van der Waals surface area (Å²) in [5.41, 5.74) is -3.30. The number of likely N-dealkylation sites (tertiary alicyclic amines) is 1. The van der Waals surface area contributed by atoms with E-state index in [1.165, 1.54) is 22.1 Å². The number of carboxylic acid groups (broad SMARTS) is 1. The molecule has 4 aromatic rings. The number of carbonyl (C=O) groups excluding carboxylic acids is 2. The van der Waals surface area contributed by atoms with Crippen LogP contribution < -0.4 is 9.64 Å². The van der Waals surface area contributed by atoms with Crippen LogP contribution in [0.25, 0.3) is 22.1 Å². The molecule has 2 fully saturated rings. The van der Waals surface area contributed by atoms with Gasteiger partial charge >= 0.3 is 24.1 Å². The Labute approximate surface area is 344 Å². The maximum Gasteiger partial charge on any atom is 0.417 e. The Morgan fingerprint density at radius 1 is 1.03 bits per heavy atom. The van der Waals surface area contributed by atoms with Crippen molar-refractivity contribution >= 4 is 57.5 Å². The van der Waals surface area contributed by atoms with Crippen molar-refractivity contribution in [1.29, 1.82) is 0 Å². The Morgan fingerprint density at radius 2 is 1.75 bits per heavy atom. The number of halogens is 4. The molecular formula is C41H49ClF3N5O9. The number of para-hydroxylation sites is 1. The van der Waals surface area contributed by atoms with E-state index in [4.69, 9.17) is 40.1 Å². The summed E-state index contributed by atoms with van der Waals surface area (Å²) in [7, 11) is 0. The quantitative estimate of drug-likeness (QED) is 0.107. The first-order valence-electron chi connectivity index (χ1n) is 19.5. The van der Waals surface area contributed by atoms with Gasteiger partial charge in [-0.2, -0.15) is 8.78 Å². The number of aliphatic carboxylic acids is 1. The molecule has 0 spiro atoms. The van der Waals surface area contributed by atoms with Crippen molar-refractivity contribution in [2.24, 2.45) is 5.92 Å². The number of ether oxygens (including phenoxy) is 4. The molecule has 2 saturated heterocycles. The lowest BCUT2D eigenvalue weighted by Gasteiger charge is -2.42. The van der Waals surface area contributed by atoms with Crippen LogP contribution in [0.15, 0.2) is 40.9 Å². The van der Waals surface area contributed by atoms with E-state index in [-0.39, 0.29) is 85.1 Å². The van der Waals surface area contributed by atoms with Gasteiger partial charge in [0.05, 0.1) is 23.7 Å². The first-order valence-corrected chi connectivity index (χ1v) is 19.8. The highest BCUT2D eigenvalue weighted by molar-refractivity contribution is 6.30. The van der Waals surface area contributed by atoms with Crippen LogP contribution in [0.1, 0.15) is 92.0 Å². The van der Waals surface area contributed by atoms with E-state index in [2.05, 4.69) is 15.0 Å². The van der Waals surface area contributed by atoms with Gasteiger partial charge in [0, 0.05) is 49.9 Å². The third-order valence-electron chi connectivity index (χ3n) is 9.96. The zero-order valence-electron chi connectivity index (χ0n) is 34.0. The van der Waals surface area contributed by atoms with Crippen LogP contribution in [0, 0.1) is 5.92 Å². The van der Waals surface area contributed by atoms with Gasteiger partial charge < -0.3 is 38.3 Å². The molecule has 0 bridgehead atoms. The summed E-state index contributed by atoms with van der Waals surface area (Å²) in [6, 6.07) is 6.95. The molecule has 0 saturated carbocycles. The number of furan rings is 1. The van der Waals surface area contributed by atoms with Gasteiger partial charge in [-0.1, -0.05) is 30.7 Å². The first kappa shape index (κ1) is 43.7.